The van der Waals surface area contributed by atoms with Gasteiger partial charge in [0, 0.05) is 11.9 Å². The Balaban J connectivity index is 2.37. The van der Waals surface area contributed by atoms with E-state index in [1.54, 1.807) is 30.3 Å². The average Bonchev–Trinajstić information content (AvgIpc) is 2.39. The van der Waals surface area contributed by atoms with E-state index in [1.165, 1.54) is 6.26 Å². The highest BCUT2D eigenvalue weighted by molar-refractivity contribution is 7.90. The summed E-state index contributed by atoms with van der Waals surface area (Å²) < 4.78 is 22.7. The van der Waals surface area contributed by atoms with Gasteiger partial charge in [0.2, 0.25) is 6.41 Å². The van der Waals surface area contributed by atoms with Crippen LogP contribution in [0.2, 0.25) is 0 Å². The summed E-state index contributed by atoms with van der Waals surface area (Å²) in [6, 6.07) is 14.0. The molecule has 0 fully saturated rings. The van der Waals surface area contributed by atoms with Crippen LogP contribution in [0.3, 0.4) is 0 Å². The minimum atomic E-state index is -3.18. The molecule has 0 aromatic heterocycles. The van der Waals surface area contributed by atoms with Crippen molar-refractivity contribution in [3.63, 3.8) is 0 Å². The summed E-state index contributed by atoms with van der Waals surface area (Å²) in [4.78, 5) is 10.7. The summed E-state index contributed by atoms with van der Waals surface area (Å²) >= 11 is 0. The first-order valence-corrected chi connectivity index (χ1v) is 7.50. The van der Waals surface area contributed by atoms with Crippen molar-refractivity contribution in [1.82, 2.24) is 0 Å². The molecule has 0 aliphatic rings. The molecule has 2 aromatic carbocycles. The van der Waals surface area contributed by atoms with E-state index >= 15 is 0 Å². The van der Waals surface area contributed by atoms with Crippen molar-refractivity contribution in [3.8, 4) is 11.1 Å². The Bertz CT molecular complexity index is 691. The minimum Gasteiger partial charge on any atom is -0.329 e. The molecule has 2 rings (SSSR count). The van der Waals surface area contributed by atoms with Gasteiger partial charge in [-0.3, -0.25) is 4.79 Å². The van der Waals surface area contributed by atoms with Crippen LogP contribution in [0.25, 0.3) is 11.1 Å². The molecule has 5 heteroatoms. The van der Waals surface area contributed by atoms with Gasteiger partial charge in [-0.1, -0.05) is 24.3 Å². The van der Waals surface area contributed by atoms with Gasteiger partial charge >= 0.3 is 0 Å². The average molecular weight is 275 g/mol. The highest BCUT2D eigenvalue weighted by atomic mass is 32.2. The monoisotopic (exact) mass is 275 g/mol. The van der Waals surface area contributed by atoms with Crippen LogP contribution in [0.4, 0.5) is 5.69 Å². The smallest absolute Gasteiger partial charge is 0.211 e. The van der Waals surface area contributed by atoms with Crippen LogP contribution in [-0.4, -0.2) is 21.1 Å². The van der Waals surface area contributed by atoms with E-state index < -0.39 is 9.84 Å². The Morgan fingerprint density at radius 1 is 1.00 bits per heavy atom. The van der Waals surface area contributed by atoms with Gasteiger partial charge in [-0.15, -0.1) is 0 Å². The van der Waals surface area contributed by atoms with E-state index in [0.29, 0.717) is 17.0 Å². The van der Waals surface area contributed by atoms with Crippen LogP contribution < -0.4 is 5.32 Å². The molecular formula is C14H13NO3S. The number of carbonyl (C=O) groups is 1. The Morgan fingerprint density at radius 3 is 2.26 bits per heavy atom. The normalized spacial score (nSPS) is 11.0. The molecule has 0 saturated carbocycles. The molecule has 0 aliphatic heterocycles. The number of anilines is 1. The van der Waals surface area contributed by atoms with E-state index in [4.69, 9.17) is 0 Å². The number of hydrogen-bond donors (Lipinski definition) is 1. The Labute approximate surface area is 112 Å². The van der Waals surface area contributed by atoms with Crippen LogP contribution in [0.1, 0.15) is 0 Å². The van der Waals surface area contributed by atoms with Gasteiger partial charge in [0.1, 0.15) is 0 Å². The fourth-order valence-corrected chi connectivity index (χ4v) is 2.38. The van der Waals surface area contributed by atoms with Gasteiger partial charge < -0.3 is 5.32 Å². The van der Waals surface area contributed by atoms with Gasteiger partial charge in [-0.2, -0.15) is 0 Å². The van der Waals surface area contributed by atoms with Gasteiger partial charge in [0.05, 0.1) is 4.90 Å². The molecule has 2 aromatic rings. The van der Waals surface area contributed by atoms with E-state index in [-0.39, 0.29) is 0 Å². The van der Waals surface area contributed by atoms with Crippen LogP contribution in [0.15, 0.2) is 53.4 Å². The Morgan fingerprint density at radius 2 is 1.68 bits per heavy atom. The molecule has 0 radical (unpaired) electrons. The maximum atomic E-state index is 11.4. The van der Waals surface area contributed by atoms with Crippen molar-refractivity contribution in [2.45, 2.75) is 4.90 Å². The third kappa shape index (κ3) is 3.20. The second kappa shape index (κ2) is 5.24. The highest BCUT2D eigenvalue weighted by Gasteiger charge is 2.06. The quantitative estimate of drug-likeness (QED) is 0.871. The molecule has 0 saturated heterocycles. The second-order valence-corrected chi connectivity index (χ2v) is 6.16. The highest BCUT2D eigenvalue weighted by Crippen LogP contribution is 2.23. The number of amides is 1. The SMILES string of the molecule is CS(=O)(=O)c1ccc(-c2cccc(NC=O)c2)cc1. The Kier molecular flexibility index (Phi) is 3.66. The molecule has 1 amide bonds. The molecule has 0 unspecified atom stereocenters. The first-order valence-electron chi connectivity index (χ1n) is 5.61. The standard InChI is InChI=1S/C14H13NO3S/c1-19(17,18)14-7-5-11(6-8-14)12-3-2-4-13(9-12)15-10-16/h2-10H,1H3,(H,15,16). The van der Waals surface area contributed by atoms with Crippen molar-refractivity contribution < 1.29 is 13.2 Å². The summed E-state index contributed by atoms with van der Waals surface area (Å²) in [5.74, 6) is 0. The first kappa shape index (κ1) is 13.3. The van der Waals surface area contributed by atoms with Crippen molar-refractivity contribution in [2.24, 2.45) is 0 Å². The lowest BCUT2D eigenvalue weighted by molar-refractivity contribution is -0.105. The molecular weight excluding hydrogens is 262 g/mol. The lowest BCUT2D eigenvalue weighted by Gasteiger charge is -2.05. The summed E-state index contributed by atoms with van der Waals surface area (Å²) in [6.45, 7) is 0. The fraction of sp³-hybridized carbons (Fsp3) is 0.0714. The van der Waals surface area contributed by atoms with Gasteiger partial charge in [0.15, 0.2) is 9.84 Å². The number of rotatable bonds is 4. The van der Waals surface area contributed by atoms with Gasteiger partial charge in [0.25, 0.3) is 0 Å². The van der Waals surface area contributed by atoms with Crippen LogP contribution >= 0.6 is 0 Å². The molecule has 4 nitrogen and oxygen atoms in total. The largest absolute Gasteiger partial charge is 0.329 e. The molecule has 0 aliphatic carbocycles. The molecule has 0 spiro atoms. The summed E-state index contributed by atoms with van der Waals surface area (Å²) in [7, 11) is -3.18. The van der Waals surface area contributed by atoms with E-state index in [2.05, 4.69) is 5.32 Å². The zero-order valence-electron chi connectivity index (χ0n) is 10.3. The van der Waals surface area contributed by atoms with Crippen molar-refractivity contribution in [1.29, 1.82) is 0 Å². The minimum absolute atomic E-state index is 0.290. The maximum Gasteiger partial charge on any atom is 0.211 e. The predicted octanol–water partition coefficient (Wildman–Crippen LogP) is 2.33. The zero-order chi connectivity index (χ0) is 13.9. The van der Waals surface area contributed by atoms with Crippen LogP contribution in [-0.2, 0) is 14.6 Å². The molecule has 19 heavy (non-hydrogen) atoms. The van der Waals surface area contributed by atoms with E-state index in [9.17, 15) is 13.2 Å². The van der Waals surface area contributed by atoms with Crippen molar-refractivity contribution in [2.75, 3.05) is 11.6 Å². The Hall–Kier alpha value is -2.14. The number of carbonyl (C=O) groups excluding carboxylic acids is 1. The number of hydrogen-bond acceptors (Lipinski definition) is 3. The van der Waals surface area contributed by atoms with E-state index in [0.717, 1.165) is 11.1 Å². The van der Waals surface area contributed by atoms with Gasteiger partial charge in [-0.05, 0) is 35.4 Å². The van der Waals surface area contributed by atoms with Crippen LogP contribution in [0.5, 0.6) is 0 Å². The lowest BCUT2D eigenvalue weighted by Crippen LogP contribution is -1.96. The summed E-state index contributed by atoms with van der Waals surface area (Å²) in [5.41, 5.74) is 2.49. The molecule has 0 bridgehead atoms. The summed E-state index contributed by atoms with van der Waals surface area (Å²) in [5, 5.41) is 2.58. The number of nitrogens with one attached hydrogen (secondary N) is 1. The molecule has 0 atom stereocenters. The lowest BCUT2D eigenvalue weighted by atomic mass is 10.1. The van der Waals surface area contributed by atoms with Crippen LogP contribution in [0, 0.1) is 0 Å². The molecule has 98 valence electrons. The fourth-order valence-electron chi connectivity index (χ4n) is 1.75. The first-order chi connectivity index (χ1) is 9.00. The number of sulfone groups is 1. The topological polar surface area (TPSA) is 63.2 Å². The second-order valence-electron chi connectivity index (χ2n) is 4.14. The predicted molar refractivity (Wildman–Crippen MR) is 74.7 cm³/mol. The van der Waals surface area contributed by atoms with Crippen molar-refractivity contribution in [3.05, 3.63) is 48.5 Å². The third-order valence-electron chi connectivity index (χ3n) is 2.70. The zero-order valence-corrected chi connectivity index (χ0v) is 11.1. The maximum absolute atomic E-state index is 11.4. The van der Waals surface area contributed by atoms with Crippen molar-refractivity contribution >= 4 is 21.9 Å². The summed E-state index contributed by atoms with van der Waals surface area (Å²) in [6.07, 6.45) is 1.79. The molecule has 0 heterocycles. The van der Waals surface area contributed by atoms with Gasteiger partial charge in [-0.25, -0.2) is 8.42 Å². The number of benzene rings is 2. The van der Waals surface area contributed by atoms with E-state index in [1.807, 2.05) is 18.2 Å². The third-order valence-corrected chi connectivity index (χ3v) is 3.83. The molecule has 1 N–H and O–H groups in total.